The molecule has 3 aliphatic rings. The van der Waals surface area contributed by atoms with E-state index >= 15 is 0 Å². The molecule has 0 aromatic carbocycles. The molecule has 2 bridgehead atoms. The molecule has 1 amide bonds. The van der Waals surface area contributed by atoms with Gasteiger partial charge in [0, 0.05) is 0 Å². The van der Waals surface area contributed by atoms with Gasteiger partial charge in [-0.05, 0) is 0 Å². The molecule has 2 fully saturated rings. The molecule has 1 N–H and O–H groups in total. The fourth-order valence-corrected chi connectivity index (χ4v) is 3.08. The van der Waals surface area contributed by atoms with Crippen molar-refractivity contribution in [2.24, 2.45) is 11.8 Å². The number of carbonyl (C=O) groups is 2. The van der Waals surface area contributed by atoms with Crippen LogP contribution in [0.15, 0.2) is 12.2 Å². The van der Waals surface area contributed by atoms with Crippen molar-refractivity contribution in [3.8, 4) is 0 Å². The van der Waals surface area contributed by atoms with Gasteiger partial charge in [-0.1, -0.05) is 12.2 Å². The second-order valence-corrected chi connectivity index (χ2v) is 5.28. The third-order valence-electron chi connectivity index (χ3n) is 4.15. The minimum atomic E-state index is -0.953. The molecule has 6 nitrogen and oxygen atoms in total. The Kier molecular flexibility index (Phi) is 2.89. The number of amides is 1. The highest BCUT2D eigenvalue weighted by molar-refractivity contribution is 5.87. The molecule has 3 heterocycles. The Morgan fingerprint density at radius 2 is 1.79 bits per heavy atom. The van der Waals surface area contributed by atoms with Crippen molar-refractivity contribution < 1.29 is 24.0 Å². The Morgan fingerprint density at radius 3 is 2.37 bits per heavy atom. The van der Waals surface area contributed by atoms with Gasteiger partial charge in [0.1, 0.15) is 12.6 Å². The van der Waals surface area contributed by atoms with Crippen LogP contribution in [0.25, 0.3) is 0 Å². The summed E-state index contributed by atoms with van der Waals surface area (Å²) in [6.45, 7) is 6.49. The maximum absolute atomic E-state index is 12.5. The van der Waals surface area contributed by atoms with E-state index in [9.17, 15) is 14.7 Å². The van der Waals surface area contributed by atoms with Gasteiger partial charge < -0.3 is 14.7 Å². The summed E-state index contributed by atoms with van der Waals surface area (Å²) in [6, 6.07) is 0. The molecule has 19 heavy (non-hydrogen) atoms. The second kappa shape index (κ2) is 4.45. The maximum Gasteiger partial charge on any atom is 0.310 e. The second-order valence-electron chi connectivity index (χ2n) is 5.28. The maximum atomic E-state index is 12.5. The molecule has 2 saturated heterocycles. The lowest BCUT2D eigenvalue weighted by molar-refractivity contribution is -0.530. The van der Waals surface area contributed by atoms with E-state index in [0.717, 1.165) is 13.1 Å². The fraction of sp³-hybridized carbons (Fsp3) is 0.615. The predicted octanol–water partition coefficient (Wildman–Crippen LogP) is -0.804. The monoisotopic (exact) mass is 265 g/mol. The first-order chi connectivity index (χ1) is 9.08. The quantitative estimate of drug-likeness (QED) is 0.524. The fourth-order valence-electron chi connectivity index (χ4n) is 3.08. The number of aliphatic carboxylic acids is 1. The Bertz CT molecular complexity index is 463. The molecule has 3 rings (SSSR count). The largest absolute Gasteiger partial charge is 0.481 e. The summed E-state index contributed by atoms with van der Waals surface area (Å²) < 4.78 is 7.44. The minimum Gasteiger partial charge on any atom is -0.481 e. The van der Waals surface area contributed by atoms with Gasteiger partial charge in [-0.25, -0.2) is 4.58 Å². The van der Waals surface area contributed by atoms with Gasteiger partial charge in [-0.2, -0.15) is 0 Å². The number of piperazine rings is 1. The Morgan fingerprint density at radius 1 is 1.21 bits per heavy atom. The Hall–Kier alpha value is -1.69. The van der Waals surface area contributed by atoms with E-state index in [1.54, 1.807) is 11.0 Å². The number of nitrogens with zero attached hydrogens (tertiary/aromatic N) is 2. The van der Waals surface area contributed by atoms with E-state index in [-0.39, 0.29) is 12.0 Å². The van der Waals surface area contributed by atoms with Crippen LogP contribution in [0.1, 0.15) is 0 Å². The number of carboxylic acid groups (broad SMARTS) is 1. The van der Waals surface area contributed by atoms with Crippen molar-refractivity contribution in [3.05, 3.63) is 12.2 Å². The molecule has 0 aromatic heterocycles. The topological polar surface area (TPSA) is 69.9 Å². The molecule has 0 aliphatic carbocycles. The van der Waals surface area contributed by atoms with E-state index in [0.29, 0.717) is 13.1 Å². The standard InChI is InChI=1S/C13H16N2O4/c1-14-4-6-15(7-5-14)12(16)10-8-2-3-9(19-8)11(10)13(17)18/h2-3,8-11H,1,4-7H2/p+1/t8-,9+,10?,11?/m0/s1. The van der Waals surface area contributed by atoms with Gasteiger partial charge in [0.15, 0.2) is 13.1 Å². The van der Waals surface area contributed by atoms with Crippen LogP contribution in [-0.2, 0) is 14.3 Å². The van der Waals surface area contributed by atoms with Crippen molar-refractivity contribution in [1.29, 1.82) is 0 Å². The first-order valence-electron chi connectivity index (χ1n) is 6.49. The van der Waals surface area contributed by atoms with Gasteiger partial charge in [0.2, 0.25) is 5.91 Å². The van der Waals surface area contributed by atoms with E-state index < -0.39 is 23.9 Å². The summed E-state index contributed by atoms with van der Waals surface area (Å²) in [4.78, 5) is 25.6. The van der Waals surface area contributed by atoms with Crippen LogP contribution in [0.3, 0.4) is 0 Å². The molecule has 0 saturated carbocycles. The van der Waals surface area contributed by atoms with Gasteiger partial charge in [0.05, 0.1) is 31.2 Å². The Labute approximate surface area is 111 Å². The lowest BCUT2D eigenvalue weighted by Gasteiger charge is -2.30. The molecule has 3 aliphatic heterocycles. The zero-order chi connectivity index (χ0) is 13.6. The van der Waals surface area contributed by atoms with Crippen molar-refractivity contribution in [3.63, 3.8) is 0 Å². The number of hydrogen-bond acceptors (Lipinski definition) is 3. The van der Waals surface area contributed by atoms with Crippen LogP contribution in [0.5, 0.6) is 0 Å². The van der Waals surface area contributed by atoms with Crippen molar-refractivity contribution in [1.82, 2.24) is 4.90 Å². The third-order valence-corrected chi connectivity index (χ3v) is 4.15. The van der Waals surface area contributed by atoms with Crippen molar-refractivity contribution in [2.45, 2.75) is 12.2 Å². The van der Waals surface area contributed by atoms with Crippen LogP contribution >= 0.6 is 0 Å². The summed E-state index contributed by atoms with van der Waals surface area (Å²) >= 11 is 0. The zero-order valence-electron chi connectivity index (χ0n) is 10.6. The number of ether oxygens (including phenoxy) is 1. The highest BCUT2D eigenvalue weighted by Gasteiger charge is 2.54. The van der Waals surface area contributed by atoms with Gasteiger partial charge in [-0.15, -0.1) is 0 Å². The molecule has 0 radical (unpaired) electrons. The van der Waals surface area contributed by atoms with Gasteiger partial charge >= 0.3 is 5.97 Å². The summed E-state index contributed by atoms with van der Waals surface area (Å²) in [7, 11) is 0. The molecule has 0 aromatic rings. The number of fused-ring (bicyclic) bond motifs is 2. The van der Waals surface area contributed by atoms with Crippen LogP contribution in [0, 0.1) is 11.8 Å². The van der Waals surface area contributed by atoms with Crippen molar-refractivity contribution in [2.75, 3.05) is 26.2 Å². The van der Waals surface area contributed by atoms with Crippen LogP contribution < -0.4 is 0 Å². The van der Waals surface area contributed by atoms with E-state index in [1.165, 1.54) is 0 Å². The predicted molar refractivity (Wildman–Crippen MR) is 66.1 cm³/mol. The number of carbonyl (C=O) groups excluding carboxylic acids is 1. The summed E-state index contributed by atoms with van der Waals surface area (Å²) in [5.41, 5.74) is 0. The lowest BCUT2D eigenvalue weighted by Crippen LogP contribution is -2.50. The summed E-state index contributed by atoms with van der Waals surface area (Å²) in [6.07, 6.45) is 2.73. The normalized spacial score (nSPS) is 36.8. The van der Waals surface area contributed by atoms with Crippen molar-refractivity contribution >= 4 is 18.6 Å². The molecule has 102 valence electrons. The zero-order valence-corrected chi connectivity index (χ0v) is 10.6. The molecule has 0 spiro atoms. The smallest absolute Gasteiger partial charge is 0.310 e. The summed E-state index contributed by atoms with van der Waals surface area (Å²) in [5, 5.41) is 9.29. The Balaban J connectivity index is 1.77. The minimum absolute atomic E-state index is 0.0997. The van der Waals surface area contributed by atoms with Gasteiger partial charge in [0.25, 0.3) is 0 Å². The van der Waals surface area contributed by atoms with E-state index in [1.807, 2.05) is 10.7 Å². The van der Waals surface area contributed by atoms with E-state index in [2.05, 4.69) is 6.72 Å². The molecular formula is C13H17N2O4+. The lowest BCUT2D eigenvalue weighted by atomic mass is 9.82. The first kappa shape index (κ1) is 12.3. The number of hydrogen-bond donors (Lipinski definition) is 1. The molecule has 6 heteroatoms. The average molecular weight is 265 g/mol. The highest BCUT2D eigenvalue weighted by atomic mass is 16.5. The third kappa shape index (κ3) is 1.96. The summed E-state index contributed by atoms with van der Waals surface area (Å²) in [5.74, 6) is -2.38. The van der Waals surface area contributed by atoms with E-state index in [4.69, 9.17) is 4.74 Å². The SMILES string of the molecule is C=[N+]1CCN(C(=O)C2C(C(=O)O)[C@H]3C=C[C@@H]2O3)CC1. The number of carboxylic acids is 1. The van der Waals surface area contributed by atoms with Gasteiger partial charge in [-0.3, -0.25) is 9.59 Å². The first-order valence-corrected chi connectivity index (χ1v) is 6.49. The molecule has 4 atom stereocenters. The van der Waals surface area contributed by atoms with Crippen LogP contribution in [-0.4, -0.2) is 71.6 Å². The number of rotatable bonds is 2. The van der Waals surface area contributed by atoms with Crippen LogP contribution in [0.2, 0.25) is 0 Å². The molecule has 2 unspecified atom stereocenters. The average Bonchev–Trinajstić information content (AvgIpc) is 2.98. The van der Waals surface area contributed by atoms with Crippen LogP contribution in [0.4, 0.5) is 0 Å². The highest BCUT2D eigenvalue weighted by Crippen LogP contribution is 2.40. The molecular weight excluding hydrogens is 248 g/mol.